The fourth-order valence-corrected chi connectivity index (χ4v) is 3.15. The number of carbonyl (C=O) groups is 1. The first kappa shape index (κ1) is 20.1. The number of likely N-dealkylation sites (N-methyl/N-ethyl adjacent to an activating group) is 1. The van der Waals surface area contributed by atoms with Crippen LogP contribution in [0.5, 0.6) is 17.2 Å². The third kappa shape index (κ3) is 4.51. The molecule has 0 fully saturated rings. The van der Waals surface area contributed by atoms with Gasteiger partial charge >= 0.3 is 0 Å². The summed E-state index contributed by atoms with van der Waals surface area (Å²) in [5, 5.41) is 0.483. The molecule has 0 atom stereocenters. The van der Waals surface area contributed by atoms with Gasteiger partial charge in [0, 0.05) is 17.6 Å². The van der Waals surface area contributed by atoms with E-state index in [0.717, 1.165) is 10.0 Å². The largest absolute Gasteiger partial charge is 0.493 e. The quantitative estimate of drug-likeness (QED) is 0.605. The topological polar surface area (TPSA) is 48.0 Å². The molecule has 26 heavy (non-hydrogen) atoms. The van der Waals surface area contributed by atoms with Crippen LogP contribution in [-0.4, -0.2) is 34.3 Å². The maximum atomic E-state index is 12.5. The lowest BCUT2D eigenvalue weighted by atomic mass is 10.1. The van der Waals surface area contributed by atoms with Crippen molar-refractivity contribution < 1.29 is 19.0 Å². The summed E-state index contributed by atoms with van der Waals surface area (Å²) >= 11 is 9.55. The van der Waals surface area contributed by atoms with Gasteiger partial charge in [-0.2, -0.15) is 0 Å². The molecule has 0 aliphatic carbocycles. The molecule has 0 heterocycles. The van der Waals surface area contributed by atoms with E-state index < -0.39 is 0 Å². The van der Waals surface area contributed by atoms with Crippen molar-refractivity contribution in [3.63, 3.8) is 0 Å². The standard InChI is InChI=1S/C19H19BrClNO4/c1-22(15-7-6-13(20)11-14(15)21)18(23)8-5-12-9-16(24-2)19(26-4)17(10-12)25-3/h5-11H,1-4H3/b8-5+. The van der Waals surface area contributed by atoms with Crippen LogP contribution in [0.15, 0.2) is 40.9 Å². The predicted octanol–water partition coefficient (Wildman–Crippen LogP) is 4.80. The van der Waals surface area contributed by atoms with E-state index >= 15 is 0 Å². The highest BCUT2D eigenvalue weighted by Crippen LogP contribution is 2.38. The number of hydrogen-bond acceptors (Lipinski definition) is 4. The van der Waals surface area contributed by atoms with Gasteiger partial charge in [-0.3, -0.25) is 4.79 Å². The Balaban J connectivity index is 2.27. The Morgan fingerprint density at radius 1 is 1.08 bits per heavy atom. The van der Waals surface area contributed by atoms with Crippen LogP contribution >= 0.6 is 27.5 Å². The van der Waals surface area contributed by atoms with E-state index in [1.807, 2.05) is 6.07 Å². The number of ether oxygens (including phenoxy) is 3. The van der Waals surface area contributed by atoms with E-state index in [1.165, 1.54) is 18.1 Å². The molecular weight excluding hydrogens is 422 g/mol. The molecule has 7 heteroatoms. The molecule has 0 aliphatic heterocycles. The summed E-state index contributed by atoms with van der Waals surface area (Å²) in [5.41, 5.74) is 1.36. The van der Waals surface area contributed by atoms with Crippen molar-refractivity contribution in [1.29, 1.82) is 0 Å². The molecule has 2 aromatic rings. The lowest BCUT2D eigenvalue weighted by molar-refractivity contribution is -0.113. The number of amides is 1. The van der Waals surface area contributed by atoms with Crippen LogP contribution in [0.1, 0.15) is 5.56 Å². The van der Waals surface area contributed by atoms with Gasteiger partial charge < -0.3 is 19.1 Å². The Labute approximate surface area is 166 Å². The fourth-order valence-electron chi connectivity index (χ4n) is 2.35. The second-order valence-electron chi connectivity index (χ2n) is 5.28. The Morgan fingerprint density at radius 3 is 2.19 bits per heavy atom. The summed E-state index contributed by atoms with van der Waals surface area (Å²) in [6, 6.07) is 8.87. The Morgan fingerprint density at radius 2 is 1.69 bits per heavy atom. The number of methoxy groups -OCH3 is 3. The molecule has 0 saturated carbocycles. The molecule has 0 unspecified atom stereocenters. The summed E-state index contributed by atoms with van der Waals surface area (Å²) in [5.74, 6) is 1.31. The summed E-state index contributed by atoms with van der Waals surface area (Å²) < 4.78 is 16.8. The third-order valence-corrected chi connectivity index (χ3v) is 4.50. The van der Waals surface area contributed by atoms with Crippen molar-refractivity contribution in [2.24, 2.45) is 0 Å². The first-order valence-corrected chi connectivity index (χ1v) is 8.79. The molecule has 2 aromatic carbocycles. The number of benzene rings is 2. The number of hydrogen-bond donors (Lipinski definition) is 0. The SMILES string of the molecule is COc1cc(/C=C/C(=O)N(C)c2ccc(Br)cc2Cl)cc(OC)c1OC. The van der Waals surface area contributed by atoms with Gasteiger partial charge in [0.05, 0.1) is 32.0 Å². The second-order valence-corrected chi connectivity index (χ2v) is 6.61. The van der Waals surface area contributed by atoms with Crippen LogP contribution in [0.3, 0.4) is 0 Å². The van der Waals surface area contributed by atoms with Gasteiger partial charge in [0.25, 0.3) is 5.91 Å². The fraction of sp³-hybridized carbons (Fsp3) is 0.211. The number of nitrogens with zero attached hydrogens (tertiary/aromatic N) is 1. The molecule has 0 bridgehead atoms. The summed E-state index contributed by atoms with van der Waals surface area (Å²) in [6.45, 7) is 0. The highest BCUT2D eigenvalue weighted by atomic mass is 79.9. The maximum Gasteiger partial charge on any atom is 0.250 e. The van der Waals surface area contributed by atoms with E-state index in [0.29, 0.717) is 28.0 Å². The Kier molecular flexibility index (Phi) is 6.94. The van der Waals surface area contributed by atoms with Crippen molar-refractivity contribution in [1.82, 2.24) is 0 Å². The van der Waals surface area contributed by atoms with Crippen LogP contribution < -0.4 is 19.1 Å². The van der Waals surface area contributed by atoms with Crippen LogP contribution in [0.25, 0.3) is 6.08 Å². The Hall–Kier alpha value is -2.18. The smallest absolute Gasteiger partial charge is 0.250 e. The molecule has 2 rings (SSSR count). The number of anilines is 1. The number of halogens is 2. The maximum absolute atomic E-state index is 12.5. The first-order chi connectivity index (χ1) is 12.4. The van der Waals surface area contributed by atoms with Gasteiger partial charge in [0.15, 0.2) is 11.5 Å². The van der Waals surface area contributed by atoms with E-state index in [-0.39, 0.29) is 5.91 Å². The third-order valence-electron chi connectivity index (χ3n) is 3.71. The van der Waals surface area contributed by atoms with Crippen molar-refractivity contribution in [2.75, 3.05) is 33.3 Å². The van der Waals surface area contributed by atoms with E-state index in [4.69, 9.17) is 25.8 Å². The first-order valence-electron chi connectivity index (χ1n) is 7.62. The van der Waals surface area contributed by atoms with Gasteiger partial charge in [-0.15, -0.1) is 0 Å². The van der Waals surface area contributed by atoms with E-state index in [2.05, 4.69) is 15.9 Å². The van der Waals surface area contributed by atoms with Crippen LogP contribution in [-0.2, 0) is 4.79 Å². The van der Waals surface area contributed by atoms with Gasteiger partial charge in [-0.05, 0) is 42.0 Å². The minimum Gasteiger partial charge on any atom is -0.493 e. The molecule has 0 radical (unpaired) electrons. The molecule has 0 saturated heterocycles. The minimum atomic E-state index is -0.219. The van der Waals surface area contributed by atoms with Crippen molar-refractivity contribution in [3.8, 4) is 17.2 Å². The lowest BCUT2D eigenvalue weighted by Gasteiger charge is -2.17. The molecule has 0 aliphatic rings. The molecule has 0 N–H and O–H groups in total. The zero-order chi connectivity index (χ0) is 19.3. The minimum absolute atomic E-state index is 0.219. The van der Waals surface area contributed by atoms with Crippen molar-refractivity contribution in [3.05, 3.63) is 51.5 Å². The van der Waals surface area contributed by atoms with Gasteiger partial charge in [-0.25, -0.2) is 0 Å². The van der Waals surface area contributed by atoms with Gasteiger partial charge in [0.1, 0.15) is 0 Å². The molecule has 5 nitrogen and oxygen atoms in total. The summed E-state index contributed by atoms with van der Waals surface area (Å²) in [7, 11) is 6.28. The highest BCUT2D eigenvalue weighted by molar-refractivity contribution is 9.10. The normalized spacial score (nSPS) is 10.7. The zero-order valence-corrected chi connectivity index (χ0v) is 17.2. The van der Waals surface area contributed by atoms with Crippen LogP contribution in [0, 0.1) is 0 Å². The predicted molar refractivity (Wildman–Crippen MR) is 108 cm³/mol. The number of rotatable bonds is 6. The van der Waals surface area contributed by atoms with Crippen LogP contribution in [0.2, 0.25) is 5.02 Å². The molecular formula is C19H19BrClNO4. The average Bonchev–Trinajstić information content (AvgIpc) is 2.64. The van der Waals surface area contributed by atoms with E-state index in [9.17, 15) is 4.79 Å². The highest BCUT2D eigenvalue weighted by Gasteiger charge is 2.14. The molecule has 0 spiro atoms. The second kappa shape index (κ2) is 8.96. The molecule has 138 valence electrons. The van der Waals surface area contributed by atoms with Crippen LogP contribution in [0.4, 0.5) is 5.69 Å². The number of carbonyl (C=O) groups excluding carboxylic acids is 1. The Bertz CT molecular complexity index is 813. The lowest BCUT2D eigenvalue weighted by Crippen LogP contribution is -2.24. The van der Waals surface area contributed by atoms with Crippen molar-refractivity contribution in [2.45, 2.75) is 0 Å². The summed E-state index contributed by atoms with van der Waals surface area (Å²) in [6.07, 6.45) is 3.13. The molecule has 1 amide bonds. The van der Waals surface area contributed by atoms with Crippen molar-refractivity contribution >= 4 is 45.2 Å². The monoisotopic (exact) mass is 439 g/mol. The average molecular weight is 441 g/mol. The summed E-state index contributed by atoms with van der Waals surface area (Å²) in [4.78, 5) is 13.9. The zero-order valence-electron chi connectivity index (χ0n) is 14.9. The van der Waals surface area contributed by atoms with Gasteiger partial charge in [-0.1, -0.05) is 27.5 Å². The van der Waals surface area contributed by atoms with E-state index in [1.54, 1.807) is 51.6 Å². The van der Waals surface area contributed by atoms with Gasteiger partial charge in [0.2, 0.25) is 5.75 Å². The molecule has 0 aromatic heterocycles.